The van der Waals surface area contributed by atoms with Crippen LogP contribution in [-0.4, -0.2) is 84.6 Å². The van der Waals surface area contributed by atoms with Gasteiger partial charge in [0, 0.05) is 63.3 Å². The molecule has 3 saturated heterocycles. The third-order valence-electron chi connectivity index (χ3n) is 4.57. The average Bonchev–Trinajstić information content (AvgIpc) is 3.10. The van der Waals surface area contributed by atoms with Crippen LogP contribution in [0.3, 0.4) is 0 Å². The maximum atomic E-state index is 12.3. The van der Waals surface area contributed by atoms with Gasteiger partial charge in [0.2, 0.25) is 5.91 Å². The van der Waals surface area contributed by atoms with Crippen LogP contribution in [0.2, 0.25) is 0 Å². The van der Waals surface area contributed by atoms with Gasteiger partial charge in [0.05, 0.1) is 0 Å². The lowest BCUT2D eigenvalue weighted by atomic mass is 10.1. The molecule has 0 spiro atoms. The predicted molar refractivity (Wildman–Crippen MR) is 85.9 cm³/mol. The van der Waals surface area contributed by atoms with E-state index in [-0.39, 0.29) is 17.9 Å². The summed E-state index contributed by atoms with van der Waals surface area (Å²) in [5, 5.41) is 3.40. The fourth-order valence-corrected chi connectivity index (χ4v) is 4.19. The summed E-state index contributed by atoms with van der Waals surface area (Å²) in [6.07, 6.45) is 2.14. The lowest BCUT2D eigenvalue weighted by molar-refractivity contribution is -0.146. The minimum absolute atomic E-state index is 0.106. The van der Waals surface area contributed by atoms with Crippen molar-refractivity contribution >= 4 is 23.6 Å². The summed E-state index contributed by atoms with van der Waals surface area (Å²) in [6.45, 7) is 4.26. The van der Waals surface area contributed by atoms with E-state index in [9.17, 15) is 9.59 Å². The molecular weight excluding hydrogens is 302 g/mol. The van der Waals surface area contributed by atoms with Crippen molar-refractivity contribution in [1.29, 1.82) is 0 Å². The van der Waals surface area contributed by atoms with E-state index in [2.05, 4.69) is 5.32 Å². The molecule has 0 aromatic carbocycles. The summed E-state index contributed by atoms with van der Waals surface area (Å²) in [6, 6.07) is 0.304. The highest BCUT2D eigenvalue weighted by molar-refractivity contribution is 7.99. The largest absolute Gasteiger partial charge is 0.368 e. The van der Waals surface area contributed by atoms with Crippen molar-refractivity contribution < 1.29 is 14.3 Å². The van der Waals surface area contributed by atoms with E-state index < -0.39 is 0 Å². The first-order chi connectivity index (χ1) is 10.7. The van der Waals surface area contributed by atoms with E-state index in [1.54, 1.807) is 0 Å². The molecule has 0 aromatic heterocycles. The first-order valence-electron chi connectivity index (χ1n) is 8.23. The quantitative estimate of drug-likeness (QED) is 0.786. The molecule has 0 bridgehead atoms. The van der Waals surface area contributed by atoms with Gasteiger partial charge in [-0.1, -0.05) is 0 Å². The summed E-state index contributed by atoms with van der Waals surface area (Å²) in [7, 11) is 0. The summed E-state index contributed by atoms with van der Waals surface area (Å²) >= 11 is 1.91. The van der Waals surface area contributed by atoms with E-state index in [4.69, 9.17) is 4.74 Å². The number of nitrogens with one attached hydrogen (secondary N) is 1. The molecule has 3 aliphatic heterocycles. The third-order valence-corrected chi connectivity index (χ3v) is 5.70. The maximum absolute atomic E-state index is 12.3. The summed E-state index contributed by atoms with van der Waals surface area (Å²) in [5.41, 5.74) is 0. The Balaban J connectivity index is 1.42. The SMILES string of the molecule is O=C(CC1CSCCN1)N1CCN(C(=O)C2CCCO2)CC1. The molecule has 0 saturated carbocycles. The fraction of sp³-hybridized carbons (Fsp3) is 0.867. The van der Waals surface area contributed by atoms with E-state index >= 15 is 0 Å². The monoisotopic (exact) mass is 327 g/mol. The van der Waals surface area contributed by atoms with Crippen molar-refractivity contribution in [2.24, 2.45) is 0 Å². The molecule has 3 heterocycles. The van der Waals surface area contributed by atoms with E-state index in [1.165, 1.54) is 0 Å². The Hall–Kier alpha value is -0.790. The molecule has 7 heteroatoms. The van der Waals surface area contributed by atoms with Crippen LogP contribution < -0.4 is 5.32 Å². The number of hydrogen-bond acceptors (Lipinski definition) is 5. The molecule has 0 aliphatic carbocycles. The van der Waals surface area contributed by atoms with Crippen LogP contribution in [0.5, 0.6) is 0 Å². The Bertz CT molecular complexity index is 401. The first-order valence-corrected chi connectivity index (χ1v) is 9.39. The topological polar surface area (TPSA) is 61.9 Å². The molecule has 2 atom stereocenters. The van der Waals surface area contributed by atoms with Gasteiger partial charge >= 0.3 is 0 Å². The number of carbonyl (C=O) groups is 2. The third kappa shape index (κ3) is 3.94. The zero-order chi connectivity index (χ0) is 15.4. The number of rotatable bonds is 3. The standard InChI is InChI=1S/C15H25N3O3S/c19-14(10-12-11-22-9-3-16-12)17-4-6-18(7-5-17)15(20)13-2-1-8-21-13/h12-13,16H,1-11H2. The molecule has 3 rings (SSSR count). The van der Waals surface area contributed by atoms with Crippen molar-refractivity contribution in [2.45, 2.75) is 31.4 Å². The molecule has 0 aromatic rings. The van der Waals surface area contributed by atoms with Gasteiger partial charge in [0.15, 0.2) is 0 Å². The van der Waals surface area contributed by atoms with Gasteiger partial charge in [-0.05, 0) is 12.8 Å². The van der Waals surface area contributed by atoms with Gasteiger partial charge in [-0.2, -0.15) is 11.8 Å². The molecule has 3 fully saturated rings. The highest BCUT2D eigenvalue weighted by Gasteiger charge is 2.31. The van der Waals surface area contributed by atoms with Crippen LogP contribution in [0.15, 0.2) is 0 Å². The second-order valence-electron chi connectivity index (χ2n) is 6.14. The summed E-state index contributed by atoms with van der Waals surface area (Å²) in [4.78, 5) is 28.4. The smallest absolute Gasteiger partial charge is 0.251 e. The highest BCUT2D eigenvalue weighted by Crippen LogP contribution is 2.17. The molecule has 2 amide bonds. The van der Waals surface area contributed by atoms with Gasteiger partial charge in [-0.25, -0.2) is 0 Å². The van der Waals surface area contributed by atoms with E-state index in [0.717, 1.165) is 30.9 Å². The minimum Gasteiger partial charge on any atom is -0.368 e. The van der Waals surface area contributed by atoms with E-state index in [1.807, 2.05) is 21.6 Å². The molecule has 3 aliphatic rings. The molecular formula is C15H25N3O3S. The van der Waals surface area contributed by atoms with Crippen LogP contribution >= 0.6 is 11.8 Å². The molecule has 22 heavy (non-hydrogen) atoms. The van der Waals surface area contributed by atoms with Crippen molar-refractivity contribution in [1.82, 2.24) is 15.1 Å². The molecule has 0 radical (unpaired) electrons. The maximum Gasteiger partial charge on any atom is 0.251 e. The lowest BCUT2D eigenvalue weighted by Gasteiger charge is -2.36. The van der Waals surface area contributed by atoms with Crippen LogP contribution in [0, 0.1) is 0 Å². The Morgan fingerprint density at radius 3 is 2.59 bits per heavy atom. The number of thioether (sulfide) groups is 1. The van der Waals surface area contributed by atoms with Crippen LogP contribution in [0.4, 0.5) is 0 Å². The van der Waals surface area contributed by atoms with Crippen LogP contribution in [0.1, 0.15) is 19.3 Å². The summed E-state index contributed by atoms with van der Waals surface area (Å²) in [5.74, 6) is 2.47. The average molecular weight is 327 g/mol. The summed E-state index contributed by atoms with van der Waals surface area (Å²) < 4.78 is 5.46. The van der Waals surface area contributed by atoms with Gasteiger partial charge in [0.25, 0.3) is 5.91 Å². The van der Waals surface area contributed by atoms with Crippen molar-refractivity contribution in [3.05, 3.63) is 0 Å². The van der Waals surface area contributed by atoms with Crippen LogP contribution in [-0.2, 0) is 14.3 Å². The van der Waals surface area contributed by atoms with Crippen molar-refractivity contribution in [3.63, 3.8) is 0 Å². The number of carbonyl (C=O) groups excluding carboxylic acids is 2. The zero-order valence-electron chi connectivity index (χ0n) is 13.0. The number of hydrogen-bond donors (Lipinski definition) is 1. The van der Waals surface area contributed by atoms with Crippen molar-refractivity contribution in [2.75, 3.05) is 50.8 Å². The molecule has 1 N–H and O–H groups in total. The minimum atomic E-state index is -0.245. The van der Waals surface area contributed by atoms with E-state index in [0.29, 0.717) is 45.2 Å². The Kier molecular flexibility index (Phi) is 5.60. The molecule has 2 unspecified atom stereocenters. The van der Waals surface area contributed by atoms with Gasteiger partial charge in [0.1, 0.15) is 6.10 Å². The number of ether oxygens (including phenoxy) is 1. The Morgan fingerprint density at radius 1 is 1.18 bits per heavy atom. The Labute approximate surface area is 135 Å². The van der Waals surface area contributed by atoms with Gasteiger partial charge in [-0.3, -0.25) is 9.59 Å². The normalized spacial score (nSPS) is 29.6. The van der Waals surface area contributed by atoms with Crippen LogP contribution in [0.25, 0.3) is 0 Å². The number of nitrogens with zero attached hydrogens (tertiary/aromatic N) is 2. The first kappa shape index (κ1) is 16.1. The zero-order valence-corrected chi connectivity index (χ0v) is 13.8. The lowest BCUT2D eigenvalue weighted by Crippen LogP contribution is -2.53. The van der Waals surface area contributed by atoms with Crippen molar-refractivity contribution in [3.8, 4) is 0 Å². The molecule has 124 valence electrons. The van der Waals surface area contributed by atoms with Gasteiger partial charge in [-0.15, -0.1) is 0 Å². The second kappa shape index (κ2) is 7.66. The Morgan fingerprint density at radius 2 is 1.95 bits per heavy atom. The predicted octanol–water partition coefficient (Wildman–Crippen LogP) is -0.0687. The number of amides is 2. The molecule has 6 nitrogen and oxygen atoms in total. The van der Waals surface area contributed by atoms with Gasteiger partial charge < -0.3 is 19.9 Å². The second-order valence-corrected chi connectivity index (χ2v) is 7.29. The number of piperazine rings is 1. The fourth-order valence-electron chi connectivity index (χ4n) is 3.24. The highest BCUT2D eigenvalue weighted by atomic mass is 32.2.